The van der Waals surface area contributed by atoms with E-state index >= 15 is 0 Å². The smallest absolute Gasteiger partial charge is 0.263 e. The number of hydrogen-bond donors (Lipinski definition) is 3. The van der Waals surface area contributed by atoms with Crippen LogP contribution in [0.2, 0.25) is 0 Å². The van der Waals surface area contributed by atoms with Gasteiger partial charge in [-0.3, -0.25) is 4.79 Å². The van der Waals surface area contributed by atoms with Gasteiger partial charge in [0.25, 0.3) is 5.91 Å². The second-order valence-corrected chi connectivity index (χ2v) is 6.92. The molecule has 5 nitrogen and oxygen atoms in total. The minimum atomic E-state index is -0.479. The lowest BCUT2D eigenvalue weighted by atomic mass is 10.0. The number of hydrogen-bond acceptors (Lipinski definition) is 5. The molecule has 0 spiro atoms. The van der Waals surface area contributed by atoms with Crippen molar-refractivity contribution in [1.82, 2.24) is 10.3 Å². The largest absolute Gasteiger partial charge is 0.397 e. The van der Waals surface area contributed by atoms with Gasteiger partial charge in [0.1, 0.15) is 9.71 Å². The van der Waals surface area contributed by atoms with Crippen LogP contribution in [0.25, 0.3) is 10.2 Å². The lowest BCUT2D eigenvalue weighted by Gasteiger charge is -2.25. The number of fused-ring (bicyclic) bond motifs is 1. The van der Waals surface area contributed by atoms with Crippen LogP contribution in [0.15, 0.2) is 6.07 Å². The molecule has 0 aliphatic carbocycles. The van der Waals surface area contributed by atoms with Gasteiger partial charge in [-0.1, -0.05) is 0 Å². The number of nitrogens with zero attached hydrogens (tertiary/aromatic N) is 1. The Morgan fingerprint density at radius 2 is 2.14 bits per heavy atom. The maximum absolute atomic E-state index is 12.4. The highest BCUT2D eigenvalue weighted by Gasteiger charge is 2.24. The molecule has 114 valence electrons. The van der Waals surface area contributed by atoms with Crippen LogP contribution in [0.1, 0.15) is 41.2 Å². The number of anilines is 1. The first-order valence-corrected chi connectivity index (χ1v) is 7.66. The van der Waals surface area contributed by atoms with E-state index < -0.39 is 5.54 Å². The van der Waals surface area contributed by atoms with Gasteiger partial charge in [-0.15, -0.1) is 11.3 Å². The summed E-state index contributed by atoms with van der Waals surface area (Å²) in [6.07, 6.45) is 0.486. The Kier molecular flexibility index (Phi) is 4.20. The van der Waals surface area contributed by atoms with Gasteiger partial charge < -0.3 is 16.2 Å². The number of carbonyl (C=O) groups is 1. The highest BCUT2D eigenvalue weighted by molar-refractivity contribution is 7.21. The zero-order valence-electron chi connectivity index (χ0n) is 12.8. The van der Waals surface area contributed by atoms with Crippen molar-refractivity contribution < 1.29 is 9.90 Å². The molecule has 0 radical (unpaired) electrons. The Bertz CT molecular complexity index is 692. The van der Waals surface area contributed by atoms with Crippen LogP contribution in [0.4, 0.5) is 5.69 Å². The van der Waals surface area contributed by atoms with E-state index in [4.69, 9.17) is 10.8 Å². The number of aliphatic hydroxyl groups excluding tert-OH is 1. The minimum absolute atomic E-state index is 0.0229. The van der Waals surface area contributed by atoms with Crippen molar-refractivity contribution in [2.24, 2.45) is 0 Å². The van der Waals surface area contributed by atoms with E-state index in [2.05, 4.69) is 10.3 Å². The monoisotopic (exact) mass is 307 g/mol. The topological polar surface area (TPSA) is 88.2 Å². The first kappa shape index (κ1) is 15.7. The van der Waals surface area contributed by atoms with Gasteiger partial charge in [-0.2, -0.15) is 0 Å². The number of aliphatic hydroxyl groups is 1. The highest BCUT2D eigenvalue weighted by Crippen LogP contribution is 2.35. The van der Waals surface area contributed by atoms with Crippen LogP contribution in [0, 0.1) is 13.8 Å². The molecule has 0 saturated heterocycles. The molecule has 0 saturated carbocycles. The summed E-state index contributed by atoms with van der Waals surface area (Å²) in [4.78, 5) is 18.2. The second kappa shape index (κ2) is 5.61. The summed E-state index contributed by atoms with van der Waals surface area (Å²) in [6.45, 7) is 7.66. The molecule has 2 aromatic heterocycles. The summed E-state index contributed by atoms with van der Waals surface area (Å²) in [5.74, 6) is -0.217. The van der Waals surface area contributed by atoms with Crippen molar-refractivity contribution in [3.8, 4) is 0 Å². The number of rotatable bonds is 4. The molecule has 0 aliphatic heterocycles. The fraction of sp³-hybridized carbons (Fsp3) is 0.467. The van der Waals surface area contributed by atoms with Gasteiger partial charge in [0.15, 0.2) is 0 Å². The first-order valence-electron chi connectivity index (χ1n) is 6.85. The number of pyridine rings is 1. The van der Waals surface area contributed by atoms with E-state index in [9.17, 15) is 4.79 Å². The van der Waals surface area contributed by atoms with E-state index in [0.29, 0.717) is 17.0 Å². The average molecular weight is 307 g/mol. The molecule has 0 unspecified atom stereocenters. The molecule has 2 heterocycles. The molecule has 0 aliphatic rings. The Hall–Kier alpha value is -1.66. The zero-order chi connectivity index (χ0) is 15.8. The first-order chi connectivity index (χ1) is 9.75. The second-order valence-electron chi connectivity index (χ2n) is 5.92. The number of aromatic nitrogens is 1. The minimum Gasteiger partial charge on any atom is -0.397 e. The van der Waals surface area contributed by atoms with Gasteiger partial charge in [-0.25, -0.2) is 4.98 Å². The maximum atomic E-state index is 12.4. The summed E-state index contributed by atoms with van der Waals surface area (Å²) in [5.41, 5.74) is 8.09. The Labute approximate surface area is 128 Å². The lowest BCUT2D eigenvalue weighted by Crippen LogP contribution is -2.43. The summed E-state index contributed by atoms with van der Waals surface area (Å²) in [7, 11) is 0. The Balaban J connectivity index is 2.41. The van der Waals surface area contributed by atoms with Gasteiger partial charge in [0.05, 0.1) is 5.69 Å². The molecule has 0 aromatic carbocycles. The molecular formula is C15H21N3O2S. The SMILES string of the molecule is Cc1cc(C)c2c(N)c(C(=O)NC(C)(C)CCO)sc2n1. The number of aryl methyl sites for hydroxylation is 2. The van der Waals surface area contributed by atoms with Crippen molar-refractivity contribution in [3.63, 3.8) is 0 Å². The van der Waals surface area contributed by atoms with Crippen molar-refractivity contribution in [1.29, 1.82) is 0 Å². The maximum Gasteiger partial charge on any atom is 0.263 e. The van der Waals surface area contributed by atoms with Gasteiger partial charge in [0, 0.05) is 23.2 Å². The molecule has 2 rings (SSSR count). The normalized spacial score (nSPS) is 11.9. The predicted molar refractivity (Wildman–Crippen MR) is 86.8 cm³/mol. The van der Waals surface area contributed by atoms with Crippen molar-refractivity contribution in [2.75, 3.05) is 12.3 Å². The van der Waals surface area contributed by atoms with Crippen LogP contribution in [0.5, 0.6) is 0 Å². The average Bonchev–Trinajstić information content (AvgIpc) is 2.65. The third-order valence-electron chi connectivity index (χ3n) is 3.42. The summed E-state index contributed by atoms with van der Waals surface area (Å²) < 4.78 is 0. The molecule has 1 amide bonds. The fourth-order valence-corrected chi connectivity index (χ4v) is 3.46. The third-order valence-corrected chi connectivity index (χ3v) is 4.52. The number of nitrogens with two attached hydrogens (primary N) is 1. The van der Waals surface area contributed by atoms with Crippen molar-refractivity contribution in [2.45, 2.75) is 39.7 Å². The van der Waals surface area contributed by atoms with E-state index in [-0.39, 0.29) is 12.5 Å². The van der Waals surface area contributed by atoms with Gasteiger partial charge in [-0.05, 0) is 45.7 Å². The molecule has 0 atom stereocenters. The number of nitrogens with one attached hydrogen (secondary N) is 1. The van der Waals surface area contributed by atoms with Crippen LogP contribution >= 0.6 is 11.3 Å². The molecule has 21 heavy (non-hydrogen) atoms. The standard InChI is InChI=1S/C15H21N3O2S/c1-8-7-9(2)17-14-10(8)11(16)12(21-14)13(20)18-15(3,4)5-6-19/h7,19H,5-6,16H2,1-4H3,(H,18,20). The quantitative estimate of drug-likeness (QED) is 0.809. The summed E-state index contributed by atoms with van der Waals surface area (Å²) in [6, 6.07) is 1.96. The van der Waals surface area contributed by atoms with E-state index in [1.54, 1.807) is 0 Å². The number of amides is 1. The van der Waals surface area contributed by atoms with Gasteiger partial charge in [0.2, 0.25) is 0 Å². The molecule has 0 bridgehead atoms. The van der Waals surface area contributed by atoms with Crippen LogP contribution < -0.4 is 11.1 Å². The Morgan fingerprint density at radius 1 is 1.48 bits per heavy atom. The molecule has 0 fully saturated rings. The summed E-state index contributed by atoms with van der Waals surface area (Å²) >= 11 is 1.31. The summed E-state index contributed by atoms with van der Waals surface area (Å²) in [5, 5.41) is 12.8. The predicted octanol–water partition coefficient (Wildman–Crippen LogP) is 2.39. The van der Waals surface area contributed by atoms with Crippen molar-refractivity contribution in [3.05, 3.63) is 22.2 Å². The number of thiophene rings is 1. The molecule has 4 N–H and O–H groups in total. The molecule has 6 heteroatoms. The van der Waals surface area contributed by atoms with Crippen LogP contribution in [0.3, 0.4) is 0 Å². The van der Waals surface area contributed by atoms with Crippen LogP contribution in [-0.2, 0) is 0 Å². The molecular weight excluding hydrogens is 286 g/mol. The Morgan fingerprint density at radius 3 is 2.76 bits per heavy atom. The lowest BCUT2D eigenvalue weighted by molar-refractivity contribution is 0.0904. The van der Waals surface area contributed by atoms with E-state index in [1.165, 1.54) is 11.3 Å². The van der Waals surface area contributed by atoms with E-state index in [0.717, 1.165) is 21.5 Å². The van der Waals surface area contributed by atoms with Crippen LogP contribution in [-0.4, -0.2) is 28.1 Å². The number of nitrogen functional groups attached to an aromatic ring is 1. The van der Waals surface area contributed by atoms with Gasteiger partial charge >= 0.3 is 0 Å². The molecule has 2 aromatic rings. The van der Waals surface area contributed by atoms with Crippen molar-refractivity contribution >= 4 is 33.1 Å². The zero-order valence-corrected chi connectivity index (χ0v) is 13.6. The highest BCUT2D eigenvalue weighted by atomic mass is 32.1. The van der Waals surface area contributed by atoms with E-state index in [1.807, 2.05) is 33.8 Å². The fourth-order valence-electron chi connectivity index (χ4n) is 2.34. The number of carbonyl (C=O) groups excluding carboxylic acids is 1. The third kappa shape index (κ3) is 3.16.